The highest BCUT2D eigenvalue weighted by atomic mass is 15.5. The van der Waals surface area contributed by atoms with Crippen LogP contribution in [0, 0.1) is 18.4 Å². The summed E-state index contributed by atoms with van der Waals surface area (Å²) in [5, 5.41) is 26.8. The number of aromatic amines is 1. The van der Waals surface area contributed by atoms with Gasteiger partial charge in [-0.25, -0.2) is 10.1 Å². The van der Waals surface area contributed by atoms with Gasteiger partial charge in [0, 0.05) is 38.3 Å². The number of tetrazole rings is 1. The number of aliphatic imine (C=N–C) groups is 1. The van der Waals surface area contributed by atoms with E-state index in [1.165, 1.54) is 5.56 Å². The quantitative estimate of drug-likeness (QED) is 0.176. The third-order valence-electron chi connectivity index (χ3n) is 6.57. The maximum atomic E-state index is 9.09. The maximum absolute atomic E-state index is 9.09. The Morgan fingerprint density at radius 2 is 1.87 bits per heavy atom. The summed E-state index contributed by atoms with van der Waals surface area (Å²) in [5.74, 6) is 2.17. The predicted molar refractivity (Wildman–Crippen MR) is 153 cm³/mol. The van der Waals surface area contributed by atoms with Crippen LogP contribution in [0.4, 0.5) is 5.69 Å². The number of fused-ring (bicyclic) bond motifs is 1. The molecule has 3 aromatic carbocycles. The first-order valence-electron chi connectivity index (χ1n) is 12.8. The van der Waals surface area contributed by atoms with Gasteiger partial charge in [-0.15, -0.1) is 10.1 Å². The number of benzene rings is 3. The van der Waals surface area contributed by atoms with Gasteiger partial charge in [0.2, 0.25) is 12.2 Å². The van der Waals surface area contributed by atoms with Crippen LogP contribution in [0.3, 0.4) is 0 Å². The summed E-state index contributed by atoms with van der Waals surface area (Å²) >= 11 is 0. The number of guanidine groups is 1. The lowest BCUT2D eigenvalue weighted by atomic mass is 9.98. The Labute approximate surface area is 227 Å². The van der Waals surface area contributed by atoms with Crippen molar-refractivity contribution in [2.24, 2.45) is 4.99 Å². The Balaban J connectivity index is 1.50. The number of imidazole rings is 1. The molecule has 39 heavy (non-hydrogen) atoms. The molecule has 0 aliphatic rings. The Hall–Kier alpha value is -5.04. The molecule has 2 heterocycles. The fraction of sp³-hybridized carbons (Fsp3) is 0.241. The van der Waals surface area contributed by atoms with Crippen molar-refractivity contribution in [1.29, 1.82) is 5.26 Å². The number of rotatable bonds is 7. The molecular weight excluding hydrogens is 488 g/mol. The summed E-state index contributed by atoms with van der Waals surface area (Å²) in [6, 6.07) is 20.8. The average Bonchev–Trinajstić information content (AvgIpc) is 3.59. The van der Waals surface area contributed by atoms with E-state index in [2.05, 4.69) is 85.7 Å². The molecule has 10 nitrogen and oxygen atoms in total. The summed E-state index contributed by atoms with van der Waals surface area (Å²) in [7, 11) is 3.70. The lowest BCUT2D eigenvalue weighted by Crippen LogP contribution is -2.29. The Morgan fingerprint density at radius 1 is 1.10 bits per heavy atom. The fourth-order valence-electron chi connectivity index (χ4n) is 4.71. The zero-order valence-electron chi connectivity index (χ0n) is 22.5. The lowest BCUT2D eigenvalue weighted by molar-refractivity contribution is 0.621. The van der Waals surface area contributed by atoms with Crippen LogP contribution in [0.1, 0.15) is 30.3 Å². The first-order chi connectivity index (χ1) is 19.0. The zero-order valence-corrected chi connectivity index (χ0v) is 22.5. The number of nitrogens with zero attached hydrogens (tertiary/aromatic N) is 8. The monoisotopic (exact) mass is 518 g/mol. The van der Waals surface area contributed by atoms with Crippen LogP contribution in [0.15, 0.2) is 65.7 Å². The van der Waals surface area contributed by atoms with Gasteiger partial charge in [0.1, 0.15) is 5.82 Å². The van der Waals surface area contributed by atoms with E-state index in [1.54, 1.807) is 4.90 Å². The average molecular weight is 519 g/mol. The molecular formula is C29H30N10. The number of hydrogen-bond donors (Lipinski definition) is 2. The summed E-state index contributed by atoms with van der Waals surface area (Å²) in [6.45, 7) is 4.92. The first kappa shape index (κ1) is 25.6. The number of nitriles is 1. The zero-order chi connectivity index (χ0) is 27.4. The van der Waals surface area contributed by atoms with Crippen molar-refractivity contribution in [3.05, 3.63) is 77.6 Å². The normalized spacial score (nSPS) is 11.5. The second-order valence-electron chi connectivity index (χ2n) is 9.57. The minimum atomic E-state index is 0.480. The molecule has 5 rings (SSSR count). The molecule has 10 heteroatoms. The van der Waals surface area contributed by atoms with E-state index in [4.69, 9.17) is 10.2 Å². The number of hydrogen-bond acceptors (Lipinski definition) is 6. The highest BCUT2D eigenvalue weighted by Crippen LogP contribution is 2.31. The molecule has 0 aliphatic heterocycles. The number of H-pyrrole nitrogens is 1. The van der Waals surface area contributed by atoms with Gasteiger partial charge in [-0.1, -0.05) is 55.5 Å². The van der Waals surface area contributed by atoms with Gasteiger partial charge in [-0.3, -0.25) is 0 Å². The van der Waals surface area contributed by atoms with Crippen LogP contribution in [0.2, 0.25) is 0 Å². The van der Waals surface area contributed by atoms with Crippen molar-refractivity contribution in [2.45, 2.75) is 33.2 Å². The first-order valence-corrected chi connectivity index (χ1v) is 12.8. The van der Waals surface area contributed by atoms with Gasteiger partial charge in [0.05, 0.1) is 11.0 Å². The van der Waals surface area contributed by atoms with Gasteiger partial charge >= 0.3 is 0 Å². The molecule has 2 aromatic heterocycles. The van der Waals surface area contributed by atoms with E-state index in [0.29, 0.717) is 18.3 Å². The third-order valence-corrected chi connectivity index (χ3v) is 6.57. The summed E-state index contributed by atoms with van der Waals surface area (Å²) in [6.07, 6.45) is 3.75. The molecule has 5 aromatic rings. The molecule has 0 unspecified atom stereocenters. The van der Waals surface area contributed by atoms with Crippen molar-refractivity contribution in [2.75, 3.05) is 19.4 Å². The maximum Gasteiger partial charge on any atom is 0.213 e. The number of aryl methyl sites for hydroxylation is 2. The molecule has 0 atom stereocenters. The van der Waals surface area contributed by atoms with Gasteiger partial charge in [-0.2, -0.15) is 5.26 Å². The largest absolute Gasteiger partial charge is 0.348 e. The second-order valence-corrected chi connectivity index (χ2v) is 9.57. The van der Waals surface area contributed by atoms with E-state index >= 15 is 0 Å². The van der Waals surface area contributed by atoms with Crippen molar-refractivity contribution < 1.29 is 0 Å². The van der Waals surface area contributed by atoms with E-state index in [9.17, 15) is 0 Å². The minimum Gasteiger partial charge on any atom is -0.348 e. The van der Waals surface area contributed by atoms with Crippen LogP contribution < -0.4 is 5.32 Å². The van der Waals surface area contributed by atoms with Crippen molar-refractivity contribution in [3.63, 3.8) is 0 Å². The number of anilines is 1. The molecule has 0 radical (unpaired) electrons. The van der Waals surface area contributed by atoms with Crippen molar-refractivity contribution in [1.82, 2.24) is 35.1 Å². The summed E-state index contributed by atoms with van der Waals surface area (Å²) in [5.41, 5.74) is 8.23. The molecule has 196 valence electrons. The van der Waals surface area contributed by atoms with Crippen LogP contribution >= 0.6 is 0 Å². The molecule has 0 aliphatic carbocycles. The topological polar surface area (TPSA) is 124 Å². The third kappa shape index (κ3) is 5.33. The molecule has 0 saturated carbocycles. The lowest BCUT2D eigenvalue weighted by Gasteiger charge is -2.17. The number of aromatic nitrogens is 6. The van der Waals surface area contributed by atoms with E-state index < -0.39 is 0 Å². The molecule has 0 bridgehead atoms. The molecule has 0 saturated heterocycles. The van der Waals surface area contributed by atoms with Gasteiger partial charge in [0.25, 0.3) is 0 Å². The summed E-state index contributed by atoms with van der Waals surface area (Å²) in [4.78, 5) is 10.7. The van der Waals surface area contributed by atoms with Gasteiger partial charge < -0.3 is 14.8 Å². The van der Waals surface area contributed by atoms with Gasteiger partial charge in [-0.05, 0) is 58.2 Å². The van der Waals surface area contributed by atoms with Crippen LogP contribution in [-0.2, 0) is 13.0 Å². The second kappa shape index (κ2) is 11.1. The Bertz CT molecular complexity index is 1660. The summed E-state index contributed by atoms with van der Waals surface area (Å²) < 4.78 is 2.29. The van der Waals surface area contributed by atoms with Crippen LogP contribution in [0.25, 0.3) is 33.5 Å². The Kier molecular flexibility index (Phi) is 7.32. The molecule has 0 spiro atoms. The van der Waals surface area contributed by atoms with E-state index in [1.807, 2.05) is 44.6 Å². The minimum absolute atomic E-state index is 0.480. The predicted octanol–water partition coefficient (Wildman–Crippen LogP) is 5.00. The van der Waals surface area contributed by atoms with Crippen LogP contribution in [-0.4, -0.2) is 55.1 Å². The standard InChI is InChI=1S/C29H30N10/c1-5-8-26-33-27-19(2)15-22(32-29(31-18-30)38(3)4)16-25(27)39(26)17-20-11-13-21(14-12-20)23-9-6-7-10-24(23)28-34-36-37-35-28/h6-7,9-16H,5,8,17H2,1-4H3,(H,31,32)(H,34,35,36,37). The molecule has 0 fully saturated rings. The number of nitrogens with one attached hydrogen (secondary N) is 2. The van der Waals surface area contributed by atoms with Crippen molar-refractivity contribution in [3.8, 4) is 28.7 Å². The Morgan fingerprint density at radius 3 is 2.54 bits per heavy atom. The van der Waals surface area contributed by atoms with Crippen LogP contribution in [0.5, 0.6) is 0 Å². The highest BCUT2D eigenvalue weighted by molar-refractivity contribution is 5.96. The molecule has 0 amide bonds. The smallest absolute Gasteiger partial charge is 0.213 e. The fourth-order valence-corrected chi connectivity index (χ4v) is 4.71. The van der Waals surface area contributed by atoms with Crippen molar-refractivity contribution >= 4 is 22.7 Å². The van der Waals surface area contributed by atoms with E-state index in [0.717, 1.165) is 57.6 Å². The molecule has 2 N–H and O–H groups in total. The van der Waals surface area contributed by atoms with E-state index in [-0.39, 0.29) is 0 Å². The SMILES string of the molecule is CCCc1nc2c(C)cc(N/C(=N\C#N)N(C)C)cc2n1Cc1ccc(-c2ccccc2-c2nnn[nH]2)cc1. The highest BCUT2D eigenvalue weighted by Gasteiger charge is 2.16. The van der Waals surface area contributed by atoms with Gasteiger partial charge in [0.15, 0.2) is 5.82 Å².